The second kappa shape index (κ2) is 11.7. The molecule has 0 aliphatic rings. The van der Waals surface area contributed by atoms with Gasteiger partial charge in [0.25, 0.3) is 0 Å². The molecule has 0 aliphatic heterocycles. The van der Waals surface area contributed by atoms with Crippen LogP contribution in [0.4, 0.5) is 14.5 Å². The Labute approximate surface area is 215 Å². The first-order valence-electron chi connectivity index (χ1n) is 11.0. The summed E-state index contributed by atoms with van der Waals surface area (Å²) in [5.74, 6) is -0.957. The fourth-order valence-electron chi connectivity index (χ4n) is 3.29. The van der Waals surface area contributed by atoms with Crippen molar-refractivity contribution in [1.82, 2.24) is 4.98 Å². The first-order chi connectivity index (χ1) is 15.6. The molecule has 0 saturated carbocycles. The summed E-state index contributed by atoms with van der Waals surface area (Å²) >= 11 is 0. The quantitative estimate of drug-likeness (QED) is 0.209. The fraction of sp³-hybridized carbons (Fsp3) is 0.286. The van der Waals surface area contributed by atoms with Gasteiger partial charge in [-0.1, -0.05) is 70.1 Å². The van der Waals surface area contributed by atoms with Gasteiger partial charge in [-0.05, 0) is 23.6 Å². The molecule has 0 amide bonds. The Kier molecular flexibility index (Phi) is 9.46. The maximum absolute atomic E-state index is 14.3. The van der Waals surface area contributed by atoms with E-state index in [-0.39, 0.29) is 38.3 Å². The van der Waals surface area contributed by atoms with Gasteiger partial charge >= 0.3 is 0 Å². The van der Waals surface area contributed by atoms with Gasteiger partial charge in [0, 0.05) is 49.5 Å². The largest absolute Gasteiger partial charge is 0.807 e. The first kappa shape index (κ1) is 27.6. The first-order valence-corrected chi connectivity index (χ1v) is 11.0. The number of allylic oxidation sites excluding steroid dienone is 2. The van der Waals surface area contributed by atoms with E-state index < -0.39 is 17.0 Å². The van der Waals surface area contributed by atoms with E-state index in [1.165, 1.54) is 0 Å². The Morgan fingerprint density at radius 2 is 1.82 bits per heavy atom. The van der Waals surface area contributed by atoms with E-state index >= 15 is 0 Å². The van der Waals surface area contributed by atoms with E-state index in [9.17, 15) is 14.2 Å². The second-order valence-corrected chi connectivity index (χ2v) is 8.99. The number of nitrogens with one attached hydrogen (secondary N) is 1. The molecule has 1 aromatic heterocycles. The van der Waals surface area contributed by atoms with Gasteiger partial charge in [0.05, 0.1) is 0 Å². The van der Waals surface area contributed by atoms with E-state index in [1.807, 2.05) is 38.1 Å². The molecule has 1 heterocycles. The SMILES string of the molecule is CC(C)C(C)/C(=C/C(=[N-])C(C)(C)c1cccc(-c2[c-]cc(F)cc2F)n1)Nc1[c-]cccc1.[Pt]. The van der Waals surface area contributed by atoms with Crippen LogP contribution in [0.15, 0.2) is 66.4 Å². The number of nitrogens with zero attached hydrogens (tertiary/aromatic N) is 2. The van der Waals surface area contributed by atoms with Gasteiger partial charge in [-0.25, -0.2) is 0 Å². The molecule has 3 aromatic rings. The van der Waals surface area contributed by atoms with Crippen molar-refractivity contribution >= 4 is 11.4 Å². The number of halogens is 2. The van der Waals surface area contributed by atoms with Crippen LogP contribution in [-0.4, -0.2) is 10.7 Å². The number of pyridine rings is 1. The standard InChI is InChI=1S/C28H28F2N3.Pt/c1-18(2)19(3)25(32-21-10-7-6-8-11-21)17-26(31)28(4,5)27-13-9-12-24(33-27)22-15-14-20(29)16-23(22)30;/h6-10,12-14,16-19,32H,1-5H3;/q-3;/b25-17-;. The van der Waals surface area contributed by atoms with Crippen molar-refractivity contribution in [3.63, 3.8) is 0 Å². The molecule has 0 saturated heterocycles. The minimum atomic E-state index is -0.865. The molecule has 182 valence electrons. The van der Waals surface area contributed by atoms with Crippen molar-refractivity contribution < 1.29 is 29.8 Å². The normalized spacial score (nSPS) is 12.8. The van der Waals surface area contributed by atoms with Gasteiger partial charge in [0.15, 0.2) is 0 Å². The molecule has 1 N–H and O–H groups in total. The average Bonchev–Trinajstić information content (AvgIpc) is 2.78. The second-order valence-electron chi connectivity index (χ2n) is 8.99. The average molecular weight is 640 g/mol. The zero-order valence-electron chi connectivity index (χ0n) is 19.9. The molecule has 2 aromatic carbocycles. The van der Waals surface area contributed by atoms with Gasteiger partial charge in [-0.3, -0.25) is 8.78 Å². The third-order valence-electron chi connectivity index (χ3n) is 5.91. The summed E-state index contributed by atoms with van der Waals surface area (Å²) in [7, 11) is 0. The number of hydrogen-bond donors (Lipinski definition) is 1. The summed E-state index contributed by atoms with van der Waals surface area (Å²) in [5.41, 5.74) is 1.87. The van der Waals surface area contributed by atoms with Gasteiger partial charge in [0.1, 0.15) is 0 Å². The molecule has 1 unspecified atom stereocenters. The Morgan fingerprint density at radius 1 is 1.09 bits per heavy atom. The number of rotatable bonds is 8. The molecular formula is C28H28F2N3Pt-3. The third kappa shape index (κ3) is 6.48. The number of benzene rings is 2. The number of aromatic nitrogens is 1. The Morgan fingerprint density at radius 3 is 2.44 bits per heavy atom. The van der Waals surface area contributed by atoms with Crippen molar-refractivity contribution in [1.29, 1.82) is 0 Å². The summed E-state index contributed by atoms with van der Waals surface area (Å²) in [6, 6.07) is 20.4. The molecule has 1 atom stereocenters. The van der Waals surface area contributed by atoms with Gasteiger partial charge in [0.2, 0.25) is 0 Å². The van der Waals surface area contributed by atoms with Crippen LogP contribution in [0.3, 0.4) is 0 Å². The van der Waals surface area contributed by atoms with Gasteiger partial charge in [-0.15, -0.1) is 18.2 Å². The van der Waals surface area contributed by atoms with Gasteiger partial charge in [-0.2, -0.15) is 30.0 Å². The van der Waals surface area contributed by atoms with E-state index in [2.05, 4.69) is 43.2 Å². The van der Waals surface area contributed by atoms with Crippen LogP contribution in [0.1, 0.15) is 40.3 Å². The molecular weight excluding hydrogens is 611 g/mol. The maximum Gasteiger partial charge on any atom is 0.0408 e. The van der Waals surface area contributed by atoms with Crippen LogP contribution < -0.4 is 5.32 Å². The summed E-state index contributed by atoms with van der Waals surface area (Å²) < 4.78 is 27.6. The summed E-state index contributed by atoms with van der Waals surface area (Å²) in [6.45, 7) is 10.0. The number of anilines is 1. The minimum Gasteiger partial charge on any atom is -0.807 e. The van der Waals surface area contributed by atoms with Crippen molar-refractivity contribution in [2.75, 3.05) is 5.32 Å². The zero-order chi connectivity index (χ0) is 24.2. The molecule has 0 spiro atoms. The fourth-order valence-corrected chi connectivity index (χ4v) is 3.29. The summed E-state index contributed by atoms with van der Waals surface area (Å²) in [6.07, 6.45) is 1.74. The van der Waals surface area contributed by atoms with Crippen molar-refractivity contribution in [3.8, 4) is 11.3 Å². The Bertz CT molecular complexity index is 1160. The monoisotopic (exact) mass is 639 g/mol. The minimum absolute atomic E-state index is 0. The molecule has 34 heavy (non-hydrogen) atoms. The van der Waals surface area contributed by atoms with Crippen LogP contribution >= 0.6 is 0 Å². The third-order valence-corrected chi connectivity index (χ3v) is 5.91. The van der Waals surface area contributed by atoms with E-state index in [1.54, 1.807) is 24.3 Å². The van der Waals surface area contributed by atoms with Gasteiger partial charge < -0.3 is 15.7 Å². The van der Waals surface area contributed by atoms with E-state index in [0.29, 0.717) is 17.3 Å². The topological polar surface area (TPSA) is 47.2 Å². The molecule has 0 aliphatic carbocycles. The van der Waals surface area contributed by atoms with Crippen molar-refractivity contribution in [2.24, 2.45) is 11.8 Å². The van der Waals surface area contributed by atoms with E-state index in [0.717, 1.165) is 23.5 Å². The van der Waals surface area contributed by atoms with E-state index in [4.69, 9.17) is 0 Å². The summed E-state index contributed by atoms with van der Waals surface area (Å²) in [5, 5.41) is 14.6. The molecule has 3 rings (SSSR count). The van der Waals surface area contributed by atoms with Crippen molar-refractivity contribution in [3.05, 3.63) is 101 Å². The molecule has 3 nitrogen and oxygen atoms in total. The van der Waals surface area contributed by atoms with Crippen LogP contribution in [0.25, 0.3) is 16.7 Å². The Hall–Kier alpha value is -2.65. The predicted octanol–water partition coefficient (Wildman–Crippen LogP) is 7.20. The zero-order valence-corrected chi connectivity index (χ0v) is 22.2. The van der Waals surface area contributed by atoms with Crippen LogP contribution in [0.2, 0.25) is 0 Å². The number of para-hydroxylation sites is 1. The predicted molar refractivity (Wildman–Crippen MR) is 131 cm³/mol. The van der Waals surface area contributed by atoms with Crippen molar-refractivity contribution in [2.45, 2.75) is 40.0 Å². The van der Waals surface area contributed by atoms with Crippen LogP contribution in [0, 0.1) is 35.6 Å². The smallest absolute Gasteiger partial charge is 0.0408 e. The molecule has 0 bridgehead atoms. The molecule has 0 radical (unpaired) electrons. The number of hydrogen-bond acceptors (Lipinski definition) is 2. The molecule has 6 heteroatoms. The molecule has 0 fully saturated rings. The van der Waals surface area contributed by atoms with Crippen LogP contribution in [0.5, 0.6) is 0 Å². The van der Waals surface area contributed by atoms with Crippen LogP contribution in [-0.2, 0) is 26.5 Å². The summed E-state index contributed by atoms with van der Waals surface area (Å²) in [4.78, 5) is 4.57. The Balaban J connectivity index is 0.00000408. The maximum atomic E-state index is 14.3.